The number of ether oxygens (including phenoxy) is 1. The fourth-order valence-corrected chi connectivity index (χ4v) is 4.21. The first-order chi connectivity index (χ1) is 13.1. The molecule has 0 aromatic heterocycles. The molecule has 5 heteroatoms. The Bertz CT molecular complexity index is 860. The molecular formula is C23H30N2O3. The third-order valence-corrected chi connectivity index (χ3v) is 5.48. The van der Waals surface area contributed by atoms with Crippen molar-refractivity contribution in [3.8, 4) is 0 Å². The van der Waals surface area contributed by atoms with E-state index in [-0.39, 0.29) is 17.2 Å². The van der Waals surface area contributed by atoms with Gasteiger partial charge in [0.05, 0.1) is 12.2 Å². The van der Waals surface area contributed by atoms with E-state index in [1.54, 1.807) is 6.92 Å². The van der Waals surface area contributed by atoms with E-state index in [1.165, 1.54) is 0 Å². The zero-order chi connectivity index (χ0) is 20.6. The van der Waals surface area contributed by atoms with Crippen LogP contribution in [-0.2, 0) is 14.3 Å². The van der Waals surface area contributed by atoms with Gasteiger partial charge in [-0.1, -0.05) is 26.0 Å². The maximum atomic E-state index is 13.2. The van der Waals surface area contributed by atoms with E-state index >= 15 is 0 Å². The molecule has 1 aromatic carbocycles. The van der Waals surface area contributed by atoms with Crippen LogP contribution in [0, 0.1) is 5.41 Å². The summed E-state index contributed by atoms with van der Waals surface area (Å²) in [4.78, 5) is 28.0. The van der Waals surface area contributed by atoms with Crippen LogP contribution in [0.5, 0.6) is 0 Å². The minimum atomic E-state index is -0.393. The molecule has 1 aliphatic carbocycles. The Labute approximate surface area is 167 Å². The second kappa shape index (κ2) is 7.46. The van der Waals surface area contributed by atoms with Crippen molar-refractivity contribution in [3.63, 3.8) is 0 Å². The van der Waals surface area contributed by atoms with Crippen LogP contribution in [-0.4, -0.2) is 32.5 Å². The number of esters is 1. The van der Waals surface area contributed by atoms with Gasteiger partial charge < -0.3 is 15.0 Å². The van der Waals surface area contributed by atoms with Crippen molar-refractivity contribution in [1.29, 1.82) is 0 Å². The van der Waals surface area contributed by atoms with Gasteiger partial charge in [0, 0.05) is 49.1 Å². The third kappa shape index (κ3) is 3.71. The Morgan fingerprint density at radius 1 is 1.21 bits per heavy atom. The fourth-order valence-electron chi connectivity index (χ4n) is 4.21. The van der Waals surface area contributed by atoms with E-state index in [0.717, 1.165) is 29.1 Å². The molecule has 1 aromatic rings. The van der Waals surface area contributed by atoms with Gasteiger partial charge >= 0.3 is 5.97 Å². The topological polar surface area (TPSA) is 58.6 Å². The largest absolute Gasteiger partial charge is 0.463 e. The van der Waals surface area contributed by atoms with E-state index in [1.807, 2.05) is 50.2 Å². The Morgan fingerprint density at radius 2 is 1.86 bits per heavy atom. The zero-order valence-electron chi connectivity index (χ0n) is 17.7. The van der Waals surface area contributed by atoms with Crippen LogP contribution in [0.4, 0.5) is 5.69 Å². The van der Waals surface area contributed by atoms with Crippen LogP contribution in [0.1, 0.15) is 52.0 Å². The van der Waals surface area contributed by atoms with Crippen molar-refractivity contribution in [3.05, 3.63) is 52.4 Å². The highest BCUT2D eigenvalue weighted by atomic mass is 16.5. The van der Waals surface area contributed by atoms with Gasteiger partial charge in [0.25, 0.3) is 0 Å². The van der Waals surface area contributed by atoms with Gasteiger partial charge in [-0.05, 0) is 43.4 Å². The molecule has 5 nitrogen and oxygen atoms in total. The van der Waals surface area contributed by atoms with Crippen molar-refractivity contribution in [2.75, 3.05) is 25.6 Å². The molecule has 0 spiro atoms. The van der Waals surface area contributed by atoms with Gasteiger partial charge in [0.1, 0.15) is 0 Å². The van der Waals surface area contributed by atoms with Gasteiger partial charge in [-0.2, -0.15) is 0 Å². The molecule has 0 saturated carbocycles. The summed E-state index contributed by atoms with van der Waals surface area (Å²) >= 11 is 0. The molecule has 0 fully saturated rings. The van der Waals surface area contributed by atoms with Gasteiger partial charge in [-0.25, -0.2) is 4.79 Å². The molecule has 28 heavy (non-hydrogen) atoms. The number of hydrogen-bond acceptors (Lipinski definition) is 5. The van der Waals surface area contributed by atoms with E-state index in [2.05, 4.69) is 19.2 Å². The molecule has 0 unspecified atom stereocenters. The minimum Gasteiger partial charge on any atom is -0.463 e. The molecule has 0 bridgehead atoms. The molecule has 0 radical (unpaired) electrons. The first-order valence-corrected chi connectivity index (χ1v) is 9.83. The first kappa shape index (κ1) is 20.2. The van der Waals surface area contributed by atoms with Gasteiger partial charge in [-0.15, -0.1) is 0 Å². The SMILES string of the molecule is CCOC(=O)C1=C(C)NC2=C(C(=O)CC(C)(C)C2)[C@H]1c1ccc(N(C)C)cc1. The van der Waals surface area contributed by atoms with Crippen molar-refractivity contribution in [2.45, 2.75) is 46.5 Å². The lowest BCUT2D eigenvalue weighted by atomic mass is 9.68. The normalized spacial score (nSPS) is 21.2. The highest BCUT2D eigenvalue weighted by Gasteiger charge is 2.43. The number of carbonyl (C=O) groups is 2. The Hall–Kier alpha value is -2.56. The summed E-state index contributed by atoms with van der Waals surface area (Å²) in [6.07, 6.45) is 1.27. The standard InChI is InChI=1S/C23H30N2O3/c1-7-28-22(27)19-14(2)24-17-12-23(3,4)13-18(26)21(17)20(19)15-8-10-16(11-9-15)25(5)6/h8-11,20,24H,7,12-13H2,1-6H3/t20-/m0/s1. The van der Waals surface area contributed by atoms with Crippen LogP contribution in [0.15, 0.2) is 46.8 Å². The number of ketones is 1. The van der Waals surface area contributed by atoms with Crippen molar-refractivity contribution in [2.24, 2.45) is 5.41 Å². The highest BCUT2D eigenvalue weighted by molar-refractivity contribution is 6.04. The molecule has 1 aliphatic heterocycles. The van der Waals surface area contributed by atoms with Gasteiger partial charge in [0.2, 0.25) is 0 Å². The summed E-state index contributed by atoms with van der Waals surface area (Å²) in [5.41, 5.74) is 4.87. The Morgan fingerprint density at radius 3 is 2.43 bits per heavy atom. The van der Waals surface area contributed by atoms with Crippen molar-refractivity contribution >= 4 is 17.4 Å². The van der Waals surface area contributed by atoms with E-state index in [0.29, 0.717) is 24.2 Å². The second-order valence-electron chi connectivity index (χ2n) is 8.64. The number of nitrogens with zero attached hydrogens (tertiary/aromatic N) is 1. The van der Waals surface area contributed by atoms with E-state index < -0.39 is 5.92 Å². The van der Waals surface area contributed by atoms with Crippen LogP contribution in [0.25, 0.3) is 0 Å². The number of Topliss-reactive ketones (excluding diaryl/α,β-unsaturated/α-hetero) is 1. The lowest BCUT2D eigenvalue weighted by molar-refractivity contribution is -0.138. The van der Waals surface area contributed by atoms with E-state index in [9.17, 15) is 9.59 Å². The molecule has 1 heterocycles. The Balaban J connectivity index is 2.14. The van der Waals surface area contributed by atoms with Gasteiger partial charge in [-0.3, -0.25) is 4.79 Å². The number of allylic oxidation sites excluding steroid dienone is 3. The van der Waals surface area contributed by atoms with Crippen LogP contribution < -0.4 is 10.2 Å². The van der Waals surface area contributed by atoms with Gasteiger partial charge in [0.15, 0.2) is 5.78 Å². The average Bonchev–Trinajstić information content (AvgIpc) is 2.59. The number of rotatable bonds is 4. The third-order valence-electron chi connectivity index (χ3n) is 5.48. The summed E-state index contributed by atoms with van der Waals surface area (Å²) < 4.78 is 5.34. The zero-order valence-corrected chi connectivity index (χ0v) is 17.7. The molecule has 150 valence electrons. The number of carbonyl (C=O) groups excluding carboxylic acids is 2. The number of nitrogens with one attached hydrogen (secondary N) is 1. The lowest BCUT2D eigenvalue weighted by Gasteiger charge is -2.39. The van der Waals surface area contributed by atoms with E-state index in [4.69, 9.17) is 4.74 Å². The highest BCUT2D eigenvalue weighted by Crippen LogP contribution is 2.46. The number of benzene rings is 1. The molecule has 3 rings (SSSR count). The molecular weight excluding hydrogens is 352 g/mol. The fraction of sp³-hybridized carbons (Fsp3) is 0.478. The minimum absolute atomic E-state index is 0.0933. The van der Waals surface area contributed by atoms with Crippen LogP contribution in [0.2, 0.25) is 0 Å². The number of dihydropyridines is 1. The summed E-state index contributed by atoms with van der Waals surface area (Å²) in [7, 11) is 3.97. The van der Waals surface area contributed by atoms with Crippen molar-refractivity contribution < 1.29 is 14.3 Å². The monoisotopic (exact) mass is 382 g/mol. The average molecular weight is 383 g/mol. The summed E-state index contributed by atoms with van der Waals surface area (Å²) in [5, 5.41) is 3.35. The van der Waals surface area contributed by atoms with Crippen molar-refractivity contribution in [1.82, 2.24) is 5.32 Å². The second-order valence-corrected chi connectivity index (χ2v) is 8.64. The van der Waals surface area contributed by atoms with Crippen LogP contribution in [0.3, 0.4) is 0 Å². The first-order valence-electron chi connectivity index (χ1n) is 9.83. The summed E-state index contributed by atoms with van der Waals surface area (Å²) in [6, 6.07) is 8.06. The number of anilines is 1. The molecule has 2 aliphatic rings. The maximum Gasteiger partial charge on any atom is 0.336 e. The predicted molar refractivity (Wildman–Crippen MR) is 111 cm³/mol. The molecule has 1 N–H and O–H groups in total. The molecule has 0 saturated heterocycles. The quantitative estimate of drug-likeness (QED) is 0.800. The molecule has 1 atom stereocenters. The summed E-state index contributed by atoms with van der Waals surface area (Å²) in [5.74, 6) is -0.650. The predicted octanol–water partition coefficient (Wildman–Crippen LogP) is 3.92. The van der Waals surface area contributed by atoms with Crippen LogP contribution >= 0.6 is 0 Å². The maximum absolute atomic E-state index is 13.2. The molecule has 0 amide bonds. The summed E-state index contributed by atoms with van der Waals surface area (Å²) in [6.45, 7) is 8.20. The lowest BCUT2D eigenvalue weighted by Crippen LogP contribution is -2.38. The Kier molecular flexibility index (Phi) is 5.37. The number of hydrogen-bond donors (Lipinski definition) is 1. The smallest absolute Gasteiger partial charge is 0.336 e.